The molecule has 3 unspecified atom stereocenters. The van der Waals surface area contributed by atoms with Crippen molar-refractivity contribution in [3.63, 3.8) is 0 Å². The Morgan fingerprint density at radius 1 is 1.37 bits per heavy atom. The summed E-state index contributed by atoms with van der Waals surface area (Å²) in [4.78, 5) is 3.88. The summed E-state index contributed by atoms with van der Waals surface area (Å²) >= 11 is 0. The van der Waals surface area contributed by atoms with Gasteiger partial charge >= 0.3 is 6.18 Å². The number of hydrogen-bond acceptors (Lipinski definition) is 2. The molecule has 0 bridgehead atoms. The van der Waals surface area contributed by atoms with E-state index >= 15 is 0 Å². The van der Waals surface area contributed by atoms with Crippen LogP contribution in [0.3, 0.4) is 0 Å². The molecule has 1 fully saturated rings. The fourth-order valence-corrected chi connectivity index (χ4v) is 3.11. The molecule has 2 rings (SSSR count). The Morgan fingerprint density at radius 3 is 2.63 bits per heavy atom. The number of nitrogens with one attached hydrogen (secondary N) is 1. The number of aromatic nitrogens is 1. The summed E-state index contributed by atoms with van der Waals surface area (Å²) in [6, 6.07) is 0.799. The Labute approximate surface area is 111 Å². The first-order valence-corrected chi connectivity index (χ1v) is 6.62. The second-order valence-corrected chi connectivity index (χ2v) is 5.41. The maximum atomic E-state index is 13.1. The lowest BCUT2D eigenvalue weighted by Crippen LogP contribution is -2.27. The standard InChI is InChI=1S/C14H19F3N2/c1-9-3-4-10(7-9)13(18-2)11-8-19-6-5-12(11)14(15,16)17/h5-6,8-10,13,18H,3-4,7H2,1-2H3. The zero-order valence-electron chi connectivity index (χ0n) is 11.2. The SMILES string of the molecule is CNC(c1cnccc1C(F)(F)F)C1CCC(C)C1. The number of rotatable bonds is 3. The second-order valence-electron chi connectivity index (χ2n) is 5.41. The van der Waals surface area contributed by atoms with Crippen LogP contribution in [0.15, 0.2) is 18.5 Å². The summed E-state index contributed by atoms with van der Waals surface area (Å²) in [5, 5.41) is 3.05. The van der Waals surface area contributed by atoms with Crippen LogP contribution in [-0.2, 0) is 6.18 Å². The molecule has 1 N–H and O–H groups in total. The molecule has 19 heavy (non-hydrogen) atoms. The average Bonchev–Trinajstić information content (AvgIpc) is 2.76. The van der Waals surface area contributed by atoms with Gasteiger partial charge in [-0.15, -0.1) is 0 Å². The maximum absolute atomic E-state index is 13.1. The number of halogens is 3. The van der Waals surface area contributed by atoms with Gasteiger partial charge in [0.1, 0.15) is 0 Å². The largest absolute Gasteiger partial charge is 0.416 e. The summed E-state index contributed by atoms with van der Waals surface area (Å²) in [6.45, 7) is 2.15. The van der Waals surface area contributed by atoms with Gasteiger partial charge in [-0.1, -0.05) is 13.3 Å². The van der Waals surface area contributed by atoms with E-state index in [-0.39, 0.29) is 17.5 Å². The Bertz CT molecular complexity index is 431. The Morgan fingerprint density at radius 2 is 2.11 bits per heavy atom. The molecule has 1 aliphatic rings. The predicted octanol–water partition coefficient (Wildman–Crippen LogP) is 3.80. The highest BCUT2D eigenvalue weighted by atomic mass is 19.4. The molecule has 0 aliphatic heterocycles. The minimum Gasteiger partial charge on any atom is -0.313 e. The molecule has 0 amide bonds. The first-order chi connectivity index (χ1) is 8.93. The molecule has 0 spiro atoms. The van der Waals surface area contributed by atoms with Gasteiger partial charge < -0.3 is 5.32 Å². The van der Waals surface area contributed by atoms with E-state index in [1.54, 1.807) is 7.05 Å². The number of nitrogens with zero attached hydrogens (tertiary/aromatic N) is 1. The molecule has 1 aromatic rings. The van der Waals surface area contributed by atoms with Crippen LogP contribution in [-0.4, -0.2) is 12.0 Å². The van der Waals surface area contributed by atoms with Gasteiger partial charge in [0.25, 0.3) is 0 Å². The van der Waals surface area contributed by atoms with E-state index in [1.807, 2.05) is 0 Å². The topological polar surface area (TPSA) is 24.9 Å². The molecule has 0 radical (unpaired) electrons. The van der Waals surface area contributed by atoms with E-state index in [2.05, 4.69) is 17.2 Å². The van der Waals surface area contributed by atoms with Crippen molar-refractivity contribution < 1.29 is 13.2 Å². The number of hydrogen-bond donors (Lipinski definition) is 1. The van der Waals surface area contributed by atoms with Crippen LogP contribution < -0.4 is 5.32 Å². The van der Waals surface area contributed by atoms with E-state index in [1.165, 1.54) is 12.4 Å². The third kappa shape index (κ3) is 3.08. The Hall–Kier alpha value is -1.10. The van der Waals surface area contributed by atoms with Crippen molar-refractivity contribution in [3.05, 3.63) is 29.6 Å². The summed E-state index contributed by atoms with van der Waals surface area (Å²) < 4.78 is 39.2. The molecule has 1 saturated carbocycles. The minimum absolute atomic E-state index is 0.255. The highest BCUT2D eigenvalue weighted by Crippen LogP contribution is 2.42. The molecule has 2 nitrogen and oxygen atoms in total. The van der Waals surface area contributed by atoms with Gasteiger partial charge in [0.05, 0.1) is 5.56 Å². The first kappa shape index (κ1) is 14.3. The van der Waals surface area contributed by atoms with Gasteiger partial charge in [-0.3, -0.25) is 4.98 Å². The van der Waals surface area contributed by atoms with Crippen molar-refractivity contribution in [3.8, 4) is 0 Å². The first-order valence-electron chi connectivity index (χ1n) is 6.62. The molecular weight excluding hydrogens is 253 g/mol. The molecule has 1 aliphatic carbocycles. The number of pyridine rings is 1. The lowest BCUT2D eigenvalue weighted by atomic mass is 9.89. The molecule has 0 aromatic carbocycles. The van der Waals surface area contributed by atoms with Gasteiger partial charge in [-0.2, -0.15) is 13.2 Å². The van der Waals surface area contributed by atoms with Crippen molar-refractivity contribution in [2.24, 2.45) is 11.8 Å². The van der Waals surface area contributed by atoms with Crippen molar-refractivity contribution in [1.82, 2.24) is 10.3 Å². The van der Waals surface area contributed by atoms with Crippen LogP contribution in [0.2, 0.25) is 0 Å². The van der Waals surface area contributed by atoms with E-state index in [4.69, 9.17) is 0 Å². The van der Waals surface area contributed by atoms with Gasteiger partial charge in [0.15, 0.2) is 0 Å². The third-order valence-corrected chi connectivity index (χ3v) is 4.01. The third-order valence-electron chi connectivity index (χ3n) is 4.01. The van der Waals surface area contributed by atoms with E-state index in [0.29, 0.717) is 5.92 Å². The van der Waals surface area contributed by atoms with E-state index < -0.39 is 11.7 Å². The van der Waals surface area contributed by atoms with Gasteiger partial charge in [0, 0.05) is 18.4 Å². The fourth-order valence-electron chi connectivity index (χ4n) is 3.11. The average molecular weight is 272 g/mol. The summed E-state index contributed by atoms with van der Waals surface area (Å²) in [6.07, 6.45) is 1.27. The zero-order chi connectivity index (χ0) is 14.0. The highest BCUT2D eigenvalue weighted by molar-refractivity contribution is 5.30. The molecule has 5 heteroatoms. The second kappa shape index (κ2) is 5.49. The normalized spacial score (nSPS) is 25.5. The Kier molecular flexibility index (Phi) is 4.13. The van der Waals surface area contributed by atoms with Crippen LogP contribution in [0.1, 0.15) is 43.4 Å². The van der Waals surface area contributed by atoms with E-state index in [0.717, 1.165) is 25.3 Å². The van der Waals surface area contributed by atoms with Crippen molar-refractivity contribution in [2.45, 2.75) is 38.4 Å². The monoisotopic (exact) mass is 272 g/mol. The van der Waals surface area contributed by atoms with Crippen LogP contribution in [0, 0.1) is 11.8 Å². The molecular formula is C14H19F3N2. The smallest absolute Gasteiger partial charge is 0.313 e. The van der Waals surface area contributed by atoms with E-state index in [9.17, 15) is 13.2 Å². The summed E-state index contributed by atoms with van der Waals surface area (Å²) in [5.41, 5.74) is -0.294. The van der Waals surface area contributed by atoms with Crippen LogP contribution in [0.25, 0.3) is 0 Å². The quantitative estimate of drug-likeness (QED) is 0.905. The van der Waals surface area contributed by atoms with Crippen LogP contribution in [0.5, 0.6) is 0 Å². The minimum atomic E-state index is -4.32. The number of alkyl halides is 3. The molecule has 1 heterocycles. The summed E-state index contributed by atoms with van der Waals surface area (Å²) in [5.74, 6) is 0.845. The molecule has 0 saturated heterocycles. The van der Waals surface area contributed by atoms with Gasteiger partial charge in [-0.05, 0) is 43.4 Å². The zero-order valence-corrected chi connectivity index (χ0v) is 11.2. The van der Waals surface area contributed by atoms with Gasteiger partial charge in [-0.25, -0.2) is 0 Å². The summed E-state index contributed by atoms with van der Waals surface area (Å²) in [7, 11) is 1.72. The predicted molar refractivity (Wildman–Crippen MR) is 67.5 cm³/mol. The fraction of sp³-hybridized carbons (Fsp3) is 0.643. The lowest BCUT2D eigenvalue weighted by molar-refractivity contribution is -0.138. The molecule has 106 valence electrons. The van der Waals surface area contributed by atoms with Gasteiger partial charge in [0.2, 0.25) is 0 Å². The van der Waals surface area contributed by atoms with Crippen molar-refractivity contribution in [2.75, 3.05) is 7.05 Å². The molecule has 3 atom stereocenters. The maximum Gasteiger partial charge on any atom is 0.416 e. The Balaban J connectivity index is 2.33. The highest BCUT2D eigenvalue weighted by Gasteiger charge is 2.38. The van der Waals surface area contributed by atoms with Crippen LogP contribution in [0.4, 0.5) is 13.2 Å². The lowest BCUT2D eigenvalue weighted by Gasteiger charge is -2.26. The molecule has 1 aromatic heterocycles. The van der Waals surface area contributed by atoms with Crippen molar-refractivity contribution >= 4 is 0 Å². The van der Waals surface area contributed by atoms with Crippen LogP contribution >= 0.6 is 0 Å². The van der Waals surface area contributed by atoms with Crippen molar-refractivity contribution in [1.29, 1.82) is 0 Å².